The standard InChI is InChI=1S/C14H23NO5/c1-10(16)19-9-14(4,7-6-11(17)18-5)12-15-13(2,3)8-20-12/h6-9H2,1-5H3. The molecule has 0 aromatic heterocycles. The fourth-order valence-electron chi connectivity index (χ4n) is 1.88. The minimum Gasteiger partial charge on any atom is -0.478 e. The van der Waals surface area contributed by atoms with Gasteiger partial charge in [-0.1, -0.05) is 0 Å². The average molecular weight is 285 g/mol. The van der Waals surface area contributed by atoms with Crippen LogP contribution in [0.4, 0.5) is 0 Å². The summed E-state index contributed by atoms with van der Waals surface area (Å²) in [6.45, 7) is 7.77. The molecule has 1 rings (SSSR count). The van der Waals surface area contributed by atoms with E-state index in [1.54, 1.807) is 0 Å². The summed E-state index contributed by atoms with van der Waals surface area (Å²) in [5.41, 5.74) is -0.911. The van der Waals surface area contributed by atoms with Crippen molar-refractivity contribution in [1.82, 2.24) is 0 Å². The highest BCUT2D eigenvalue weighted by Crippen LogP contribution is 2.32. The van der Waals surface area contributed by atoms with E-state index in [4.69, 9.17) is 9.47 Å². The number of carbonyl (C=O) groups excluding carboxylic acids is 2. The highest BCUT2D eigenvalue weighted by atomic mass is 16.5. The molecule has 0 spiro atoms. The lowest BCUT2D eigenvalue weighted by atomic mass is 9.85. The molecular formula is C14H23NO5. The molecule has 20 heavy (non-hydrogen) atoms. The molecule has 0 aromatic carbocycles. The molecule has 1 aliphatic heterocycles. The number of rotatable bonds is 6. The van der Waals surface area contributed by atoms with Crippen molar-refractivity contribution in [3.63, 3.8) is 0 Å². The van der Waals surface area contributed by atoms with Gasteiger partial charge in [0.25, 0.3) is 0 Å². The van der Waals surface area contributed by atoms with Gasteiger partial charge in [-0.15, -0.1) is 0 Å². The van der Waals surface area contributed by atoms with E-state index in [2.05, 4.69) is 9.73 Å². The number of ether oxygens (including phenoxy) is 3. The second kappa shape index (κ2) is 6.24. The van der Waals surface area contributed by atoms with Crippen molar-refractivity contribution in [3.8, 4) is 0 Å². The molecule has 0 radical (unpaired) electrons. The summed E-state index contributed by atoms with van der Waals surface area (Å²) in [5, 5.41) is 0. The van der Waals surface area contributed by atoms with Crippen LogP contribution in [0, 0.1) is 5.41 Å². The predicted molar refractivity (Wildman–Crippen MR) is 73.5 cm³/mol. The largest absolute Gasteiger partial charge is 0.478 e. The van der Waals surface area contributed by atoms with Gasteiger partial charge in [-0.2, -0.15) is 0 Å². The van der Waals surface area contributed by atoms with Gasteiger partial charge < -0.3 is 14.2 Å². The third-order valence-electron chi connectivity index (χ3n) is 3.19. The lowest BCUT2D eigenvalue weighted by Gasteiger charge is -2.27. The molecule has 0 aliphatic carbocycles. The van der Waals surface area contributed by atoms with Crippen molar-refractivity contribution in [1.29, 1.82) is 0 Å². The Hall–Kier alpha value is -1.59. The summed E-state index contributed by atoms with van der Waals surface area (Å²) in [4.78, 5) is 26.9. The minimum absolute atomic E-state index is 0.133. The van der Waals surface area contributed by atoms with Gasteiger partial charge in [0, 0.05) is 13.3 Å². The maximum atomic E-state index is 11.3. The van der Waals surface area contributed by atoms with E-state index in [0.717, 1.165) is 0 Å². The predicted octanol–water partition coefficient (Wildman–Crippen LogP) is 1.72. The van der Waals surface area contributed by atoms with Gasteiger partial charge in [0.15, 0.2) is 5.90 Å². The zero-order valence-corrected chi connectivity index (χ0v) is 12.8. The van der Waals surface area contributed by atoms with E-state index in [0.29, 0.717) is 18.9 Å². The Labute approximate surface area is 119 Å². The highest BCUT2D eigenvalue weighted by Gasteiger charge is 2.40. The molecule has 1 heterocycles. The van der Waals surface area contributed by atoms with Crippen LogP contribution >= 0.6 is 0 Å². The molecular weight excluding hydrogens is 262 g/mol. The summed E-state index contributed by atoms with van der Waals surface area (Å²) in [6.07, 6.45) is 0.666. The number of esters is 2. The molecule has 1 aliphatic rings. The first-order valence-electron chi connectivity index (χ1n) is 6.62. The Bertz CT molecular complexity index is 416. The van der Waals surface area contributed by atoms with E-state index in [1.165, 1.54) is 14.0 Å². The van der Waals surface area contributed by atoms with Crippen LogP contribution < -0.4 is 0 Å². The quantitative estimate of drug-likeness (QED) is 0.695. The molecule has 0 bridgehead atoms. The van der Waals surface area contributed by atoms with Crippen LogP contribution in [0.2, 0.25) is 0 Å². The smallest absolute Gasteiger partial charge is 0.305 e. The SMILES string of the molecule is COC(=O)CCC(C)(COC(C)=O)C1=NC(C)(C)CO1. The number of methoxy groups -OCH3 is 1. The van der Waals surface area contributed by atoms with Crippen LogP contribution in [0.3, 0.4) is 0 Å². The van der Waals surface area contributed by atoms with Crippen LogP contribution in [0.1, 0.15) is 40.5 Å². The summed E-state index contributed by atoms with van der Waals surface area (Å²) in [6, 6.07) is 0. The van der Waals surface area contributed by atoms with Crippen LogP contribution in [0.25, 0.3) is 0 Å². The normalized spacial score (nSPS) is 19.6. The number of carbonyl (C=O) groups is 2. The Morgan fingerprint density at radius 1 is 1.45 bits per heavy atom. The van der Waals surface area contributed by atoms with Gasteiger partial charge in [0.2, 0.25) is 0 Å². The number of aliphatic imine (C=N–C) groups is 1. The van der Waals surface area contributed by atoms with E-state index in [9.17, 15) is 9.59 Å². The number of hydrogen-bond acceptors (Lipinski definition) is 6. The fraction of sp³-hybridized carbons (Fsp3) is 0.786. The lowest BCUT2D eigenvalue weighted by molar-refractivity contribution is -0.143. The van der Waals surface area contributed by atoms with Crippen molar-refractivity contribution in [2.45, 2.75) is 46.1 Å². The van der Waals surface area contributed by atoms with E-state index in [1.807, 2.05) is 20.8 Å². The molecule has 0 amide bonds. The Kier molecular flexibility index (Phi) is 5.14. The zero-order chi connectivity index (χ0) is 15.4. The summed E-state index contributed by atoms with van der Waals surface area (Å²) in [5.74, 6) is -0.142. The first kappa shape index (κ1) is 16.5. The Morgan fingerprint density at radius 3 is 2.55 bits per heavy atom. The molecule has 0 N–H and O–H groups in total. The third kappa shape index (κ3) is 4.51. The van der Waals surface area contributed by atoms with Crippen LogP contribution in [0.15, 0.2) is 4.99 Å². The average Bonchev–Trinajstić information content (AvgIpc) is 2.74. The molecule has 0 aromatic rings. The summed E-state index contributed by atoms with van der Waals surface area (Å²) >= 11 is 0. The van der Waals surface area contributed by atoms with Crippen LogP contribution in [0.5, 0.6) is 0 Å². The molecule has 0 saturated carbocycles. The summed E-state index contributed by atoms with van der Waals surface area (Å²) < 4.78 is 15.4. The third-order valence-corrected chi connectivity index (χ3v) is 3.19. The van der Waals surface area contributed by atoms with Crippen molar-refractivity contribution in [3.05, 3.63) is 0 Å². The molecule has 114 valence electrons. The Balaban J connectivity index is 2.83. The second-order valence-corrected chi connectivity index (χ2v) is 5.94. The molecule has 1 atom stereocenters. The lowest BCUT2D eigenvalue weighted by Crippen LogP contribution is -2.35. The zero-order valence-electron chi connectivity index (χ0n) is 12.8. The van der Waals surface area contributed by atoms with E-state index >= 15 is 0 Å². The van der Waals surface area contributed by atoms with E-state index in [-0.39, 0.29) is 30.5 Å². The number of nitrogens with zero attached hydrogens (tertiary/aromatic N) is 1. The van der Waals surface area contributed by atoms with Crippen molar-refractivity contribution < 1.29 is 23.8 Å². The topological polar surface area (TPSA) is 74.2 Å². The second-order valence-electron chi connectivity index (χ2n) is 5.94. The molecule has 6 nitrogen and oxygen atoms in total. The van der Waals surface area contributed by atoms with Gasteiger partial charge in [-0.05, 0) is 27.2 Å². The highest BCUT2D eigenvalue weighted by molar-refractivity contribution is 5.85. The summed E-state index contributed by atoms with van der Waals surface area (Å²) in [7, 11) is 1.35. The van der Waals surface area contributed by atoms with E-state index < -0.39 is 5.41 Å². The van der Waals surface area contributed by atoms with Gasteiger partial charge in [0.1, 0.15) is 13.2 Å². The Morgan fingerprint density at radius 2 is 2.10 bits per heavy atom. The maximum Gasteiger partial charge on any atom is 0.305 e. The van der Waals surface area contributed by atoms with Crippen molar-refractivity contribution in [2.75, 3.05) is 20.3 Å². The minimum atomic E-state index is -0.617. The first-order valence-corrected chi connectivity index (χ1v) is 6.62. The van der Waals surface area contributed by atoms with Crippen molar-refractivity contribution in [2.24, 2.45) is 10.4 Å². The molecule has 1 unspecified atom stereocenters. The van der Waals surface area contributed by atoms with Crippen molar-refractivity contribution >= 4 is 17.8 Å². The first-order chi connectivity index (χ1) is 9.18. The van der Waals surface area contributed by atoms with Gasteiger partial charge in [0.05, 0.1) is 18.1 Å². The van der Waals surface area contributed by atoms with Crippen LogP contribution in [-0.2, 0) is 23.8 Å². The molecule has 0 fully saturated rings. The van der Waals surface area contributed by atoms with Gasteiger partial charge >= 0.3 is 11.9 Å². The van der Waals surface area contributed by atoms with Gasteiger partial charge in [-0.3, -0.25) is 9.59 Å². The van der Waals surface area contributed by atoms with Crippen LogP contribution in [-0.4, -0.2) is 43.7 Å². The maximum absolute atomic E-state index is 11.3. The number of hydrogen-bond donors (Lipinski definition) is 0. The fourth-order valence-corrected chi connectivity index (χ4v) is 1.88. The van der Waals surface area contributed by atoms with Gasteiger partial charge in [-0.25, -0.2) is 4.99 Å². The molecule has 6 heteroatoms. The molecule has 0 saturated heterocycles. The monoisotopic (exact) mass is 285 g/mol.